The van der Waals surface area contributed by atoms with Crippen molar-refractivity contribution < 1.29 is 23.1 Å². The lowest BCUT2D eigenvalue weighted by Crippen LogP contribution is -2.43. The number of nitrogens with one attached hydrogen (secondary N) is 2. The van der Waals surface area contributed by atoms with Crippen molar-refractivity contribution in [3.05, 3.63) is 83.7 Å². The number of carbonyl (C=O) groups is 2. The second-order valence-corrected chi connectivity index (χ2v) is 9.69. The van der Waals surface area contributed by atoms with E-state index >= 15 is 0 Å². The molecule has 5 rings (SSSR count). The molecule has 1 fully saturated rings. The van der Waals surface area contributed by atoms with Crippen molar-refractivity contribution in [3.8, 4) is 16.9 Å². The van der Waals surface area contributed by atoms with E-state index in [0.29, 0.717) is 17.1 Å². The molecule has 1 saturated heterocycles. The third-order valence-corrected chi connectivity index (χ3v) is 6.96. The van der Waals surface area contributed by atoms with Gasteiger partial charge in [0.05, 0.1) is 17.9 Å². The molecule has 0 aliphatic carbocycles. The summed E-state index contributed by atoms with van der Waals surface area (Å²) >= 11 is 0. The molecule has 2 aromatic heterocycles. The molecule has 0 radical (unpaired) electrons. The molecule has 2 atom stereocenters. The zero-order valence-electron chi connectivity index (χ0n) is 22.3. The molecule has 1 aliphatic rings. The number of benzene rings is 2. The number of likely N-dealkylation sites (tertiary alicyclic amines) is 1. The molecular weight excluding hydrogens is 520 g/mol. The number of carbonyl (C=O) groups excluding carboxylic acids is 2. The number of anilines is 1. The van der Waals surface area contributed by atoms with Crippen LogP contribution in [-0.2, 0) is 16.6 Å². The maximum atomic E-state index is 14.1. The maximum absolute atomic E-state index is 14.1. The summed E-state index contributed by atoms with van der Waals surface area (Å²) in [4.78, 5) is 27.5. The fraction of sp³-hybridized carbons (Fsp3) is 0.286. The monoisotopic (exact) mass is 549 g/mol. The molecule has 0 unspecified atom stereocenters. The number of aromatic nitrogens is 4. The van der Waals surface area contributed by atoms with Gasteiger partial charge in [0.2, 0.25) is 5.91 Å². The number of hydrogen-bond donors (Lipinski definition) is 2. The SMILES string of the molecule is COCC(=O)N1C[C@@H](NC(=O)Nc2c(C)c(-c3cnn(C)c3)nn2-c2ccccc2)[C@H](c2ccc(F)c(F)c2)C1. The summed E-state index contributed by atoms with van der Waals surface area (Å²) in [7, 11) is 3.23. The van der Waals surface area contributed by atoms with Crippen LogP contribution in [-0.4, -0.2) is 69.2 Å². The number of halogens is 2. The molecule has 4 aromatic rings. The van der Waals surface area contributed by atoms with Gasteiger partial charge in [-0.1, -0.05) is 24.3 Å². The quantitative estimate of drug-likeness (QED) is 0.366. The molecular formula is C28H29F2N7O3. The molecule has 10 nitrogen and oxygen atoms in total. The third-order valence-electron chi connectivity index (χ3n) is 6.96. The number of methoxy groups -OCH3 is 1. The van der Waals surface area contributed by atoms with Gasteiger partial charge in [-0.2, -0.15) is 10.2 Å². The Kier molecular flexibility index (Phi) is 7.60. The van der Waals surface area contributed by atoms with Crippen LogP contribution >= 0.6 is 0 Å². The lowest BCUT2D eigenvalue weighted by molar-refractivity contribution is -0.134. The molecule has 0 saturated carbocycles. The Morgan fingerprint density at radius 1 is 1.10 bits per heavy atom. The molecule has 2 aromatic carbocycles. The minimum absolute atomic E-state index is 0.129. The summed E-state index contributed by atoms with van der Waals surface area (Å²) in [5, 5.41) is 14.9. The first-order valence-electron chi connectivity index (χ1n) is 12.7. The number of ether oxygens (including phenoxy) is 1. The fourth-order valence-electron chi connectivity index (χ4n) is 4.98. The van der Waals surface area contributed by atoms with Crippen molar-refractivity contribution in [1.82, 2.24) is 29.8 Å². The lowest BCUT2D eigenvalue weighted by atomic mass is 9.94. The fourth-order valence-corrected chi connectivity index (χ4v) is 4.98. The van der Waals surface area contributed by atoms with E-state index in [2.05, 4.69) is 15.7 Å². The molecule has 208 valence electrons. The molecule has 0 spiro atoms. The normalized spacial score (nSPS) is 16.8. The second-order valence-electron chi connectivity index (χ2n) is 9.69. The first kappa shape index (κ1) is 27.0. The summed E-state index contributed by atoms with van der Waals surface area (Å²) in [6.07, 6.45) is 3.54. The highest BCUT2D eigenvalue weighted by Crippen LogP contribution is 2.32. The highest BCUT2D eigenvalue weighted by atomic mass is 19.2. The maximum Gasteiger partial charge on any atom is 0.320 e. The van der Waals surface area contributed by atoms with Gasteiger partial charge in [-0.15, -0.1) is 0 Å². The Bertz CT molecular complexity index is 1540. The Labute approximate surface area is 229 Å². The smallest absolute Gasteiger partial charge is 0.320 e. The van der Waals surface area contributed by atoms with Crippen LogP contribution in [0.2, 0.25) is 0 Å². The van der Waals surface area contributed by atoms with Gasteiger partial charge in [0.1, 0.15) is 18.1 Å². The van der Waals surface area contributed by atoms with E-state index in [4.69, 9.17) is 9.84 Å². The minimum atomic E-state index is -0.993. The second kappa shape index (κ2) is 11.3. The van der Waals surface area contributed by atoms with E-state index in [1.54, 1.807) is 20.5 Å². The number of aryl methyl sites for hydroxylation is 1. The van der Waals surface area contributed by atoms with Crippen LogP contribution in [0, 0.1) is 18.6 Å². The van der Waals surface area contributed by atoms with Crippen molar-refractivity contribution in [2.24, 2.45) is 7.05 Å². The predicted molar refractivity (Wildman–Crippen MR) is 144 cm³/mol. The van der Waals surface area contributed by atoms with Crippen molar-refractivity contribution in [3.63, 3.8) is 0 Å². The first-order chi connectivity index (χ1) is 19.2. The van der Waals surface area contributed by atoms with Crippen LogP contribution in [0.3, 0.4) is 0 Å². The summed E-state index contributed by atoms with van der Waals surface area (Å²) in [5.41, 5.74) is 3.39. The van der Waals surface area contributed by atoms with Gasteiger partial charge >= 0.3 is 6.03 Å². The molecule has 3 heterocycles. The van der Waals surface area contributed by atoms with Crippen LogP contribution in [0.15, 0.2) is 60.9 Å². The highest BCUT2D eigenvalue weighted by molar-refractivity contribution is 5.91. The Morgan fingerprint density at radius 2 is 1.88 bits per heavy atom. The van der Waals surface area contributed by atoms with Crippen LogP contribution < -0.4 is 10.6 Å². The summed E-state index contributed by atoms with van der Waals surface area (Å²) in [5.74, 6) is -2.23. The third kappa shape index (κ3) is 5.43. The van der Waals surface area contributed by atoms with Gasteiger partial charge in [-0.3, -0.25) is 14.8 Å². The largest absolute Gasteiger partial charge is 0.375 e. The molecule has 0 bridgehead atoms. The summed E-state index contributed by atoms with van der Waals surface area (Å²) < 4.78 is 36.0. The zero-order valence-corrected chi connectivity index (χ0v) is 22.3. The zero-order chi connectivity index (χ0) is 28.4. The predicted octanol–water partition coefficient (Wildman–Crippen LogP) is 3.62. The number of para-hydroxylation sites is 1. The van der Waals surface area contributed by atoms with Crippen molar-refractivity contribution in [1.29, 1.82) is 0 Å². The van der Waals surface area contributed by atoms with Gasteiger partial charge in [0.15, 0.2) is 11.6 Å². The average molecular weight is 550 g/mol. The number of rotatable bonds is 7. The number of amides is 3. The summed E-state index contributed by atoms with van der Waals surface area (Å²) in [6.45, 7) is 2.12. The van der Waals surface area contributed by atoms with Gasteiger partial charge in [0, 0.05) is 50.5 Å². The van der Waals surface area contributed by atoms with E-state index in [1.807, 2.05) is 50.5 Å². The number of hydrogen-bond acceptors (Lipinski definition) is 5. The van der Waals surface area contributed by atoms with E-state index in [-0.39, 0.29) is 25.6 Å². The highest BCUT2D eigenvalue weighted by Gasteiger charge is 2.37. The van der Waals surface area contributed by atoms with Crippen molar-refractivity contribution in [2.45, 2.75) is 18.9 Å². The van der Waals surface area contributed by atoms with Crippen molar-refractivity contribution in [2.75, 3.05) is 32.1 Å². The minimum Gasteiger partial charge on any atom is -0.375 e. The molecule has 12 heteroatoms. The number of urea groups is 1. The standard InChI is InChI=1S/C28H29F2N7O3/c1-17-26(19-12-31-35(2)13-19)34-37(20-7-5-4-6-8-20)27(17)33-28(39)32-24-15-36(25(38)16-40-3)14-21(24)18-9-10-22(29)23(30)11-18/h4-13,21,24H,14-16H2,1-3H3,(H2,32,33,39)/t21-,24+/m0/s1. The molecule has 1 aliphatic heterocycles. The molecule has 40 heavy (non-hydrogen) atoms. The molecule has 3 amide bonds. The first-order valence-corrected chi connectivity index (χ1v) is 12.7. The average Bonchev–Trinajstić information content (AvgIpc) is 3.64. The van der Waals surface area contributed by atoms with Gasteiger partial charge < -0.3 is 15.0 Å². The van der Waals surface area contributed by atoms with E-state index in [0.717, 1.165) is 28.9 Å². The van der Waals surface area contributed by atoms with Gasteiger partial charge in [0.25, 0.3) is 0 Å². The van der Waals surface area contributed by atoms with Gasteiger partial charge in [-0.25, -0.2) is 18.3 Å². The summed E-state index contributed by atoms with van der Waals surface area (Å²) in [6, 6.07) is 11.9. The number of nitrogens with zero attached hydrogens (tertiary/aromatic N) is 5. The van der Waals surface area contributed by atoms with Crippen LogP contribution in [0.25, 0.3) is 16.9 Å². The molecule has 2 N–H and O–H groups in total. The van der Waals surface area contributed by atoms with Crippen molar-refractivity contribution >= 4 is 17.8 Å². The van der Waals surface area contributed by atoms with Crippen LogP contribution in [0.1, 0.15) is 17.0 Å². The van der Waals surface area contributed by atoms with E-state index < -0.39 is 29.6 Å². The lowest BCUT2D eigenvalue weighted by Gasteiger charge is -2.21. The van der Waals surface area contributed by atoms with Gasteiger partial charge in [-0.05, 0) is 36.8 Å². The van der Waals surface area contributed by atoms with Crippen LogP contribution in [0.5, 0.6) is 0 Å². The van der Waals surface area contributed by atoms with E-state index in [1.165, 1.54) is 13.2 Å². The van der Waals surface area contributed by atoms with E-state index in [9.17, 15) is 18.4 Å². The Morgan fingerprint density at radius 3 is 2.55 bits per heavy atom. The Hall–Kier alpha value is -4.58. The topological polar surface area (TPSA) is 106 Å². The Balaban J connectivity index is 1.43. The van der Waals surface area contributed by atoms with Crippen LogP contribution in [0.4, 0.5) is 19.4 Å².